The molecule has 6 atom stereocenters. The van der Waals surface area contributed by atoms with Crippen molar-refractivity contribution in [2.24, 2.45) is 5.11 Å². The van der Waals surface area contributed by atoms with Gasteiger partial charge in [-0.05, 0) is 34.5 Å². The Morgan fingerprint density at radius 3 is 2.82 bits per heavy atom. The highest BCUT2D eigenvalue weighted by molar-refractivity contribution is 9.10. The Morgan fingerprint density at radius 1 is 1.29 bits per heavy atom. The fourth-order valence-electron chi connectivity index (χ4n) is 4.13. The third-order valence-corrected chi connectivity index (χ3v) is 6.80. The van der Waals surface area contributed by atoms with Gasteiger partial charge < -0.3 is 19.3 Å². The van der Waals surface area contributed by atoms with E-state index in [0.29, 0.717) is 27.0 Å². The summed E-state index contributed by atoms with van der Waals surface area (Å²) in [5, 5.41) is 19.9. The maximum Gasteiger partial charge on any atom is 0.184 e. The topological polar surface area (TPSA) is 140 Å². The van der Waals surface area contributed by atoms with E-state index in [1.807, 2.05) is 30.3 Å². The number of hydrogen-bond donors (Lipinski definition) is 1. The zero-order valence-electron chi connectivity index (χ0n) is 17.8. The number of rotatable bonds is 4. The standard InChI is InChI=1S/C21H19BrClN7O4/c1-10-26-20(30(28-10)12-7-13(23)19(22)25-8-12)18-16(31)15(27-29-24)17-14(33-18)9-32-21(34-17)11-5-3-2-4-6-11/h2-8,14-18,21,31H,9H2,1H3/t14-,15-,16-,17+,18-,21?/m1/s1. The number of aliphatic hydroxyl groups is 1. The van der Waals surface area contributed by atoms with Crippen molar-refractivity contribution in [3.8, 4) is 5.69 Å². The fraction of sp³-hybridized carbons (Fsp3) is 0.381. The van der Waals surface area contributed by atoms with Crippen LogP contribution in [0.25, 0.3) is 16.1 Å². The van der Waals surface area contributed by atoms with Crippen molar-refractivity contribution in [1.82, 2.24) is 19.7 Å². The number of aliphatic hydroxyl groups excluding tert-OH is 1. The van der Waals surface area contributed by atoms with Crippen molar-refractivity contribution in [2.75, 3.05) is 6.61 Å². The van der Waals surface area contributed by atoms with Gasteiger partial charge in [-0.3, -0.25) is 0 Å². The molecule has 0 spiro atoms. The van der Waals surface area contributed by atoms with E-state index in [-0.39, 0.29) is 6.61 Å². The average Bonchev–Trinajstić information content (AvgIpc) is 3.24. The number of aryl methyl sites for hydroxylation is 1. The Bertz CT molecular complexity index is 1240. The number of fused-ring (bicyclic) bond motifs is 1. The van der Waals surface area contributed by atoms with Crippen molar-refractivity contribution in [1.29, 1.82) is 0 Å². The average molecular weight is 549 g/mol. The summed E-state index contributed by atoms with van der Waals surface area (Å²) < 4.78 is 20.2. The summed E-state index contributed by atoms with van der Waals surface area (Å²) >= 11 is 9.49. The van der Waals surface area contributed by atoms with Crippen LogP contribution in [0.5, 0.6) is 0 Å². The predicted molar refractivity (Wildman–Crippen MR) is 123 cm³/mol. The van der Waals surface area contributed by atoms with Crippen molar-refractivity contribution < 1.29 is 19.3 Å². The molecule has 1 aromatic carbocycles. The van der Waals surface area contributed by atoms with Crippen LogP contribution in [0.15, 0.2) is 52.3 Å². The Labute approximate surface area is 207 Å². The van der Waals surface area contributed by atoms with E-state index in [9.17, 15) is 10.6 Å². The van der Waals surface area contributed by atoms with Gasteiger partial charge in [0.1, 0.15) is 28.7 Å². The number of hydrogen-bond acceptors (Lipinski definition) is 8. The zero-order valence-corrected chi connectivity index (χ0v) is 20.1. The number of halogens is 2. The molecule has 176 valence electrons. The predicted octanol–water partition coefficient (Wildman–Crippen LogP) is 3.98. The Morgan fingerprint density at radius 2 is 2.09 bits per heavy atom. The molecule has 0 saturated carbocycles. The van der Waals surface area contributed by atoms with Crippen LogP contribution in [0.2, 0.25) is 5.02 Å². The van der Waals surface area contributed by atoms with Crippen LogP contribution >= 0.6 is 27.5 Å². The first-order valence-electron chi connectivity index (χ1n) is 10.4. The first-order valence-corrected chi connectivity index (χ1v) is 11.6. The molecule has 5 rings (SSSR count). The second-order valence-electron chi connectivity index (χ2n) is 7.85. The van der Waals surface area contributed by atoms with E-state index < -0.39 is 36.7 Å². The summed E-state index contributed by atoms with van der Waals surface area (Å²) in [6.07, 6.45) is -2.67. The van der Waals surface area contributed by atoms with Gasteiger partial charge in [0, 0.05) is 10.5 Å². The van der Waals surface area contributed by atoms with E-state index in [4.69, 9.17) is 25.8 Å². The molecule has 1 unspecified atom stereocenters. The van der Waals surface area contributed by atoms with Crippen LogP contribution in [-0.4, -0.2) is 55.8 Å². The van der Waals surface area contributed by atoms with E-state index >= 15 is 0 Å². The molecule has 2 aliphatic heterocycles. The van der Waals surface area contributed by atoms with Crippen LogP contribution in [0.3, 0.4) is 0 Å². The summed E-state index contributed by atoms with van der Waals surface area (Å²) in [5.74, 6) is 0.763. The molecule has 0 radical (unpaired) electrons. The summed E-state index contributed by atoms with van der Waals surface area (Å²) in [6.45, 7) is 1.89. The molecule has 13 heteroatoms. The maximum atomic E-state index is 11.2. The van der Waals surface area contributed by atoms with Crippen LogP contribution in [-0.2, 0) is 14.2 Å². The van der Waals surface area contributed by atoms with Crippen LogP contribution < -0.4 is 0 Å². The molecular weight excluding hydrogens is 530 g/mol. The van der Waals surface area contributed by atoms with Gasteiger partial charge in [-0.1, -0.05) is 47.0 Å². The second kappa shape index (κ2) is 9.59. The smallest absolute Gasteiger partial charge is 0.184 e. The lowest BCUT2D eigenvalue weighted by Gasteiger charge is -2.46. The highest BCUT2D eigenvalue weighted by Gasteiger charge is 2.51. The van der Waals surface area contributed by atoms with Crippen LogP contribution in [0.4, 0.5) is 0 Å². The molecule has 4 heterocycles. The lowest BCUT2D eigenvalue weighted by atomic mass is 9.91. The third kappa shape index (κ3) is 4.29. The maximum absolute atomic E-state index is 11.2. The number of aromatic nitrogens is 4. The lowest BCUT2D eigenvalue weighted by Crippen LogP contribution is -2.58. The lowest BCUT2D eigenvalue weighted by molar-refractivity contribution is -0.309. The first-order chi connectivity index (χ1) is 16.5. The number of ether oxygens (including phenoxy) is 3. The Hall–Kier alpha value is -2.57. The molecule has 0 amide bonds. The number of pyridine rings is 1. The van der Waals surface area contributed by atoms with Crippen molar-refractivity contribution in [3.63, 3.8) is 0 Å². The summed E-state index contributed by atoms with van der Waals surface area (Å²) in [5.41, 5.74) is 10.6. The highest BCUT2D eigenvalue weighted by atomic mass is 79.9. The molecule has 1 N–H and O–H groups in total. The molecule has 2 fully saturated rings. The Kier molecular flexibility index (Phi) is 6.54. The highest BCUT2D eigenvalue weighted by Crippen LogP contribution is 2.40. The quantitative estimate of drug-likeness (QED) is 0.225. The molecule has 2 aromatic heterocycles. The van der Waals surface area contributed by atoms with Crippen molar-refractivity contribution in [2.45, 2.75) is 43.7 Å². The van der Waals surface area contributed by atoms with Gasteiger partial charge in [-0.2, -0.15) is 5.10 Å². The van der Waals surface area contributed by atoms with Gasteiger partial charge >= 0.3 is 0 Å². The van der Waals surface area contributed by atoms with Crippen molar-refractivity contribution in [3.05, 3.63) is 79.9 Å². The van der Waals surface area contributed by atoms with Crippen molar-refractivity contribution >= 4 is 27.5 Å². The third-order valence-electron chi connectivity index (χ3n) is 5.65. The molecule has 2 saturated heterocycles. The van der Waals surface area contributed by atoms with E-state index in [1.54, 1.807) is 19.2 Å². The molecule has 34 heavy (non-hydrogen) atoms. The SMILES string of the molecule is Cc1nc([C@@H]2O[C@@H]3COC(c4ccccc4)O[C@@H]3[C@H](N=[N+]=[N-])[C@H]2O)n(-c2cnc(Br)c(Cl)c2)n1. The van der Waals surface area contributed by atoms with Gasteiger partial charge in [0.2, 0.25) is 0 Å². The number of nitrogens with zero attached hydrogens (tertiary/aromatic N) is 7. The normalized spacial score (nSPS) is 28.7. The molecule has 11 nitrogen and oxygen atoms in total. The molecule has 2 aliphatic rings. The zero-order chi connectivity index (χ0) is 23.8. The Balaban J connectivity index is 1.48. The summed E-state index contributed by atoms with van der Waals surface area (Å²) in [7, 11) is 0. The molecule has 0 bridgehead atoms. The number of benzene rings is 1. The minimum absolute atomic E-state index is 0.170. The van der Waals surface area contributed by atoms with Gasteiger partial charge in [0.05, 0.1) is 35.7 Å². The van der Waals surface area contributed by atoms with E-state index in [1.165, 1.54) is 4.68 Å². The van der Waals surface area contributed by atoms with E-state index in [0.717, 1.165) is 5.56 Å². The molecular formula is C21H19BrClN7O4. The van der Waals surface area contributed by atoms with E-state index in [2.05, 4.69) is 41.0 Å². The van der Waals surface area contributed by atoms with Crippen LogP contribution in [0, 0.1) is 6.92 Å². The number of azide groups is 1. The van der Waals surface area contributed by atoms with Gasteiger partial charge in [0.25, 0.3) is 0 Å². The van der Waals surface area contributed by atoms with Gasteiger partial charge in [0.15, 0.2) is 12.1 Å². The minimum atomic E-state index is -1.26. The first kappa shape index (κ1) is 23.2. The summed E-state index contributed by atoms with van der Waals surface area (Å²) in [4.78, 5) is 11.6. The fourth-order valence-corrected chi connectivity index (χ4v) is 4.51. The van der Waals surface area contributed by atoms with Gasteiger partial charge in [-0.25, -0.2) is 14.6 Å². The molecule has 0 aliphatic carbocycles. The monoisotopic (exact) mass is 547 g/mol. The molecule has 3 aromatic rings. The second-order valence-corrected chi connectivity index (χ2v) is 9.01. The minimum Gasteiger partial charge on any atom is -0.389 e. The van der Waals surface area contributed by atoms with Crippen LogP contribution in [0.1, 0.15) is 29.6 Å². The van der Waals surface area contributed by atoms with Gasteiger partial charge in [-0.15, -0.1) is 0 Å². The largest absolute Gasteiger partial charge is 0.389 e. The summed E-state index contributed by atoms with van der Waals surface area (Å²) in [6, 6.07) is 10.1.